The molecule has 2 aromatic rings. The molecule has 0 radical (unpaired) electrons. The number of halogens is 1. The SMILES string of the molecule is Cc1ccc(F)cc1COc1c(C)cc(C=O)cc1C. The smallest absolute Gasteiger partial charge is 0.150 e. The van der Waals surface area contributed by atoms with Crippen molar-refractivity contribution >= 4 is 6.29 Å². The van der Waals surface area contributed by atoms with E-state index >= 15 is 0 Å². The molecule has 20 heavy (non-hydrogen) atoms. The van der Waals surface area contributed by atoms with E-state index in [9.17, 15) is 9.18 Å². The first kappa shape index (κ1) is 14.3. The molecule has 0 aliphatic heterocycles. The van der Waals surface area contributed by atoms with Gasteiger partial charge in [0.25, 0.3) is 0 Å². The Morgan fingerprint density at radius 1 is 1.05 bits per heavy atom. The minimum atomic E-state index is -0.265. The summed E-state index contributed by atoms with van der Waals surface area (Å²) >= 11 is 0. The molecule has 0 aliphatic carbocycles. The average molecular weight is 272 g/mol. The Balaban J connectivity index is 2.23. The van der Waals surface area contributed by atoms with E-state index in [1.165, 1.54) is 12.1 Å². The molecule has 0 saturated heterocycles. The van der Waals surface area contributed by atoms with E-state index in [2.05, 4.69) is 0 Å². The highest BCUT2D eigenvalue weighted by molar-refractivity contribution is 5.76. The molecule has 0 fully saturated rings. The topological polar surface area (TPSA) is 26.3 Å². The number of benzene rings is 2. The molecule has 0 spiro atoms. The molecule has 0 heterocycles. The van der Waals surface area contributed by atoms with E-state index in [1.807, 2.05) is 20.8 Å². The van der Waals surface area contributed by atoms with Crippen LogP contribution in [0.5, 0.6) is 5.75 Å². The van der Waals surface area contributed by atoms with Gasteiger partial charge in [0.1, 0.15) is 24.5 Å². The summed E-state index contributed by atoms with van der Waals surface area (Å²) in [6.45, 7) is 6.03. The van der Waals surface area contributed by atoms with E-state index in [4.69, 9.17) is 4.74 Å². The zero-order valence-corrected chi connectivity index (χ0v) is 11.9. The highest BCUT2D eigenvalue weighted by atomic mass is 19.1. The third-order valence-electron chi connectivity index (χ3n) is 3.30. The van der Waals surface area contributed by atoms with Crippen LogP contribution in [-0.4, -0.2) is 6.29 Å². The second-order valence-corrected chi connectivity index (χ2v) is 4.96. The standard InChI is InChI=1S/C17H17FO2/c1-11-4-5-16(18)8-15(11)10-20-17-12(2)6-14(9-19)7-13(17)3/h4-9H,10H2,1-3H3. The summed E-state index contributed by atoms with van der Waals surface area (Å²) < 4.78 is 19.0. The number of carbonyl (C=O) groups excluding carboxylic acids is 1. The summed E-state index contributed by atoms with van der Waals surface area (Å²) in [5.74, 6) is 0.484. The second kappa shape index (κ2) is 5.87. The highest BCUT2D eigenvalue weighted by Crippen LogP contribution is 2.25. The molecule has 3 heteroatoms. The molecule has 0 aliphatic rings. The Morgan fingerprint density at radius 3 is 2.30 bits per heavy atom. The van der Waals surface area contributed by atoms with Crippen molar-refractivity contribution in [1.29, 1.82) is 0 Å². The third-order valence-corrected chi connectivity index (χ3v) is 3.30. The van der Waals surface area contributed by atoms with Crippen LogP contribution in [0.4, 0.5) is 4.39 Å². The van der Waals surface area contributed by atoms with Crippen molar-refractivity contribution in [1.82, 2.24) is 0 Å². The largest absolute Gasteiger partial charge is 0.488 e. The lowest BCUT2D eigenvalue weighted by Crippen LogP contribution is -2.02. The van der Waals surface area contributed by atoms with Crippen molar-refractivity contribution in [3.05, 3.63) is 64.0 Å². The molecular weight excluding hydrogens is 255 g/mol. The normalized spacial score (nSPS) is 10.4. The molecule has 0 amide bonds. The number of aldehydes is 1. The maximum atomic E-state index is 13.2. The van der Waals surface area contributed by atoms with Crippen molar-refractivity contribution in [2.75, 3.05) is 0 Å². The molecular formula is C17H17FO2. The van der Waals surface area contributed by atoms with Gasteiger partial charge in [0.05, 0.1) is 0 Å². The van der Waals surface area contributed by atoms with Crippen LogP contribution in [0.1, 0.15) is 32.6 Å². The van der Waals surface area contributed by atoms with Crippen molar-refractivity contribution in [2.45, 2.75) is 27.4 Å². The number of hydrogen-bond acceptors (Lipinski definition) is 2. The maximum Gasteiger partial charge on any atom is 0.150 e. The van der Waals surface area contributed by atoms with Crippen LogP contribution in [-0.2, 0) is 6.61 Å². The van der Waals surface area contributed by atoms with Crippen LogP contribution < -0.4 is 4.74 Å². The lowest BCUT2D eigenvalue weighted by atomic mass is 10.1. The van der Waals surface area contributed by atoms with Gasteiger partial charge in [0, 0.05) is 5.56 Å². The Bertz CT molecular complexity index is 624. The molecule has 0 atom stereocenters. The minimum absolute atomic E-state index is 0.265. The van der Waals surface area contributed by atoms with Crippen molar-refractivity contribution in [3.63, 3.8) is 0 Å². The van der Waals surface area contributed by atoms with Gasteiger partial charge in [0.15, 0.2) is 0 Å². The quantitative estimate of drug-likeness (QED) is 0.782. The summed E-state index contributed by atoms with van der Waals surface area (Å²) in [6.07, 6.45) is 0.820. The molecule has 0 aromatic heterocycles. The van der Waals surface area contributed by atoms with E-state index in [-0.39, 0.29) is 5.82 Å². The highest BCUT2D eigenvalue weighted by Gasteiger charge is 2.08. The number of ether oxygens (including phenoxy) is 1. The lowest BCUT2D eigenvalue weighted by Gasteiger charge is -2.14. The van der Waals surface area contributed by atoms with Gasteiger partial charge in [-0.25, -0.2) is 4.39 Å². The summed E-state index contributed by atoms with van der Waals surface area (Å²) in [4.78, 5) is 10.8. The van der Waals surface area contributed by atoms with Crippen LogP contribution in [0, 0.1) is 26.6 Å². The maximum absolute atomic E-state index is 13.2. The summed E-state index contributed by atoms with van der Waals surface area (Å²) in [6, 6.07) is 8.23. The van der Waals surface area contributed by atoms with Crippen LogP contribution >= 0.6 is 0 Å². The number of aryl methyl sites for hydroxylation is 3. The molecule has 0 saturated carbocycles. The second-order valence-electron chi connectivity index (χ2n) is 4.96. The molecule has 2 rings (SSSR count). The Morgan fingerprint density at radius 2 is 1.70 bits per heavy atom. The molecule has 2 aromatic carbocycles. The fraction of sp³-hybridized carbons (Fsp3) is 0.235. The van der Waals surface area contributed by atoms with Gasteiger partial charge in [-0.2, -0.15) is 0 Å². The Labute approximate surface area is 118 Å². The van der Waals surface area contributed by atoms with Crippen LogP contribution in [0.2, 0.25) is 0 Å². The van der Waals surface area contributed by atoms with Gasteiger partial charge in [-0.1, -0.05) is 6.07 Å². The average Bonchev–Trinajstić information content (AvgIpc) is 2.41. The predicted molar refractivity (Wildman–Crippen MR) is 76.8 cm³/mol. The fourth-order valence-corrected chi connectivity index (χ4v) is 2.22. The summed E-state index contributed by atoms with van der Waals surface area (Å²) in [7, 11) is 0. The molecule has 0 unspecified atom stereocenters. The van der Waals surface area contributed by atoms with Crippen LogP contribution in [0.3, 0.4) is 0 Å². The molecule has 104 valence electrons. The number of hydrogen-bond donors (Lipinski definition) is 0. The van der Waals surface area contributed by atoms with Crippen molar-refractivity contribution in [3.8, 4) is 5.75 Å². The first-order valence-corrected chi connectivity index (χ1v) is 6.45. The minimum Gasteiger partial charge on any atom is -0.488 e. The van der Waals surface area contributed by atoms with Gasteiger partial charge in [-0.3, -0.25) is 4.79 Å². The molecule has 0 bridgehead atoms. The molecule has 2 nitrogen and oxygen atoms in total. The summed E-state index contributed by atoms with van der Waals surface area (Å²) in [5.41, 5.74) is 4.26. The van der Waals surface area contributed by atoms with Gasteiger partial charge in [-0.15, -0.1) is 0 Å². The van der Waals surface area contributed by atoms with Crippen molar-refractivity contribution in [2.24, 2.45) is 0 Å². The predicted octanol–water partition coefficient (Wildman–Crippen LogP) is 4.14. The van der Waals surface area contributed by atoms with E-state index < -0.39 is 0 Å². The van der Waals surface area contributed by atoms with Gasteiger partial charge in [0.2, 0.25) is 0 Å². The first-order valence-electron chi connectivity index (χ1n) is 6.45. The Kier molecular flexibility index (Phi) is 4.18. The Hall–Kier alpha value is -2.16. The first-order chi connectivity index (χ1) is 9.51. The number of carbonyl (C=O) groups is 1. The van der Waals surface area contributed by atoms with E-state index in [0.717, 1.165) is 34.3 Å². The lowest BCUT2D eigenvalue weighted by molar-refractivity contribution is 0.112. The van der Waals surface area contributed by atoms with E-state index in [0.29, 0.717) is 12.2 Å². The zero-order chi connectivity index (χ0) is 14.7. The van der Waals surface area contributed by atoms with Crippen molar-refractivity contribution < 1.29 is 13.9 Å². The van der Waals surface area contributed by atoms with E-state index in [1.54, 1.807) is 18.2 Å². The van der Waals surface area contributed by atoms with Gasteiger partial charge < -0.3 is 4.74 Å². The van der Waals surface area contributed by atoms with Gasteiger partial charge >= 0.3 is 0 Å². The van der Waals surface area contributed by atoms with Crippen LogP contribution in [0.25, 0.3) is 0 Å². The third kappa shape index (κ3) is 3.05. The fourth-order valence-electron chi connectivity index (χ4n) is 2.22. The monoisotopic (exact) mass is 272 g/mol. The zero-order valence-electron chi connectivity index (χ0n) is 11.9. The summed E-state index contributed by atoms with van der Waals surface area (Å²) in [5, 5.41) is 0. The van der Waals surface area contributed by atoms with Gasteiger partial charge in [-0.05, 0) is 67.3 Å². The molecule has 0 N–H and O–H groups in total. The van der Waals surface area contributed by atoms with Crippen LogP contribution in [0.15, 0.2) is 30.3 Å². The number of rotatable bonds is 4.